The van der Waals surface area contributed by atoms with Crippen LogP contribution in [0.25, 0.3) is 11.1 Å². The van der Waals surface area contributed by atoms with Gasteiger partial charge >= 0.3 is 6.09 Å². The molecule has 0 aliphatic heterocycles. The Morgan fingerprint density at radius 1 is 0.974 bits per heavy atom. The number of carbonyl (C=O) groups excluding carboxylic acids is 2. The molecule has 0 fully saturated rings. The lowest BCUT2D eigenvalue weighted by Gasteiger charge is -2.20. The average molecular weight is 540 g/mol. The molecule has 0 radical (unpaired) electrons. The Morgan fingerprint density at radius 3 is 2.34 bits per heavy atom. The number of anilines is 1. The van der Waals surface area contributed by atoms with Crippen LogP contribution >= 0.6 is 0 Å². The Morgan fingerprint density at radius 2 is 1.68 bits per heavy atom. The molecule has 38 heavy (non-hydrogen) atoms. The number of rotatable bonds is 11. The Labute approximate surface area is 223 Å². The smallest absolute Gasteiger partial charge is 0.408 e. The van der Waals surface area contributed by atoms with Crippen LogP contribution in [0.5, 0.6) is 5.75 Å². The molecule has 0 heterocycles. The van der Waals surface area contributed by atoms with Crippen LogP contribution in [0.2, 0.25) is 0 Å². The number of nitrogens with one attached hydrogen (secondary N) is 2. The van der Waals surface area contributed by atoms with Gasteiger partial charge in [0, 0.05) is 17.5 Å². The Balaban J connectivity index is 1.71. The number of hydrogen-bond donors (Lipinski definition) is 3. The first-order valence-corrected chi connectivity index (χ1v) is 14.2. The van der Waals surface area contributed by atoms with Crippen molar-refractivity contribution in [2.75, 3.05) is 18.2 Å². The van der Waals surface area contributed by atoms with Gasteiger partial charge in [-0.2, -0.15) is 0 Å². The van der Waals surface area contributed by atoms with Crippen molar-refractivity contribution in [1.29, 1.82) is 0 Å². The quantitative estimate of drug-likeness (QED) is 0.302. The van der Waals surface area contributed by atoms with E-state index in [1.54, 1.807) is 79.7 Å². The predicted molar refractivity (Wildman–Crippen MR) is 146 cm³/mol. The van der Waals surface area contributed by atoms with Crippen LogP contribution in [0, 0.1) is 0 Å². The van der Waals surface area contributed by atoms with E-state index in [0.717, 1.165) is 5.56 Å². The van der Waals surface area contributed by atoms with E-state index in [-0.39, 0.29) is 17.4 Å². The molecule has 3 aromatic rings. The van der Waals surface area contributed by atoms with Crippen LogP contribution in [-0.4, -0.2) is 39.4 Å². The molecule has 4 N–H and O–H groups in total. The lowest BCUT2D eigenvalue weighted by molar-refractivity contribution is -0.123. The van der Waals surface area contributed by atoms with Crippen molar-refractivity contribution >= 4 is 27.5 Å². The highest BCUT2D eigenvalue weighted by Crippen LogP contribution is 2.28. The number of sulfone groups is 1. The number of hydrogen-bond acceptors (Lipinski definition) is 7. The Bertz CT molecular complexity index is 1360. The van der Waals surface area contributed by atoms with Crippen LogP contribution in [0.3, 0.4) is 0 Å². The van der Waals surface area contributed by atoms with Gasteiger partial charge < -0.3 is 25.8 Å². The van der Waals surface area contributed by atoms with E-state index in [0.29, 0.717) is 35.4 Å². The molecule has 9 nitrogen and oxygen atoms in total. The van der Waals surface area contributed by atoms with Gasteiger partial charge in [-0.05, 0) is 54.8 Å². The molecule has 0 spiro atoms. The minimum atomic E-state index is -3.40. The highest BCUT2D eigenvalue weighted by atomic mass is 32.2. The van der Waals surface area contributed by atoms with Crippen molar-refractivity contribution in [3.05, 3.63) is 78.4 Å². The van der Waals surface area contributed by atoms with Crippen molar-refractivity contribution in [3.63, 3.8) is 0 Å². The minimum absolute atomic E-state index is 0.228. The van der Waals surface area contributed by atoms with Gasteiger partial charge in [0.05, 0.1) is 11.5 Å². The normalized spacial score (nSPS) is 12.7. The summed E-state index contributed by atoms with van der Waals surface area (Å²) in [5.41, 5.74) is 8.51. The summed E-state index contributed by atoms with van der Waals surface area (Å²) in [4.78, 5) is 25.0. The van der Waals surface area contributed by atoms with Crippen molar-refractivity contribution < 1.29 is 27.5 Å². The van der Waals surface area contributed by atoms with Crippen molar-refractivity contribution in [3.8, 4) is 16.9 Å². The number of benzene rings is 3. The number of carbonyl (C=O) groups is 2. The zero-order chi connectivity index (χ0) is 27.7. The van der Waals surface area contributed by atoms with Crippen LogP contribution in [-0.2, 0) is 19.4 Å². The standard InChI is InChI=1S/C28H33N3O6S/c1-4-9-24(37-22-11-8-10-20(18-22)26(29)31-28(33)36-5-2)27(32)30-21-16-14-19(15-17-21)23-12-6-7-13-25(23)38(3,34)35/h6-8,10-18,24,26H,4-5,9,29H2,1-3H3,(H,30,32)(H,31,33). The molecule has 0 saturated heterocycles. The number of nitrogens with two attached hydrogens (primary N) is 1. The summed E-state index contributed by atoms with van der Waals surface area (Å²) >= 11 is 0. The summed E-state index contributed by atoms with van der Waals surface area (Å²) in [6, 6.07) is 20.6. The van der Waals surface area contributed by atoms with Crippen LogP contribution in [0.15, 0.2) is 77.7 Å². The molecule has 0 aromatic heterocycles. The Kier molecular flexibility index (Phi) is 9.86. The first kappa shape index (κ1) is 28.7. The molecule has 10 heteroatoms. The molecule has 2 atom stereocenters. The van der Waals surface area contributed by atoms with Gasteiger partial charge in [0.2, 0.25) is 0 Å². The van der Waals surface area contributed by atoms with E-state index in [2.05, 4.69) is 10.6 Å². The highest BCUT2D eigenvalue weighted by molar-refractivity contribution is 7.90. The molecule has 3 rings (SSSR count). The van der Waals surface area contributed by atoms with Gasteiger partial charge in [0.15, 0.2) is 15.9 Å². The fourth-order valence-electron chi connectivity index (χ4n) is 3.82. The lowest BCUT2D eigenvalue weighted by Crippen LogP contribution is -2.35. The molecule has 0 bridgehead atoms. The second kappa shape index (κ2) is 13.1. The van der Waals surface area contributed by atoms with Gasteiger partial charge in [-0.1, -0.05) is 55.8 Å². The summed E-state index contributed by atoms with van der Waals surface area (Å²) in [6.45, 7) is 3.88. The van der Waals surface area contributed by atoms with Crippen LogP contribution in [0.1, 0.15) is 38.4 Å². The first-order valence-electron chi connectivity index (χ1n) is 12.3. The fourth-order valence-corrected chi connectivity index (χ4v) is 4.73. The summed E-state index contributed by atoms with van der Waals surface area (Å²) in [5.74, 6) is 0.112. The molecule has 0 aliphatic carbocycles. The van der Waals surface area contributed by atoms with E-state index in [1.165, 1.54) is 6.26 Å². The van der Waals surface area contributed by atoms with E-state index in [1.807, 2.05) is 6.92 Å². The molecule has 0 saturated carbocycles. The topological polar surface area (TPSA) is 137 Å². The van der Waals surface area contributed by atoms with Gasteiger partial charge in [0.1, 0.15) is 11.9 Å². The zero-order valence-corrected chi connectivity index (χ0v) is 22.5. The van der Waals surface area contributed by atoms with Crippen LogP contribution < -0.4 is 21.1 Å². The molecule has 0 aliphatic rings. The third kappa shape index (κ3) is 7.80. The van der Waals surface area contributed by atoms with E-state index < -0.39 is 28.2 Å². The van der Waals surface area contributed by atoms with E-state index in [4.69, 9.17) is 15.2 Å². The molecular weight excluding hydrogens is 506 g/mol. The molecule has 202 valence electrons. The highest BCUT2D eigenvalue weighted by Gasteiger charge is 2.21. The van der Waals surface area contributed by atoms with Crippen LogP contribution in [0.4, 0.5) is 10.5 Å². The molecular formula is C28H33N3O6S. The summed E-state index contributed by atoms with van der Waals surface area (Å²) in [6.07, 6.45) is 0.165. The van der Waals surface area contributed by atoms with Crippen molar-refractivity contribution in [2.24, 2.45) is 5.73 Å². The van der Waals surface area contributed by atoms with Gasteiger partial charge in [-0.25, -0.2) is 13.2 Å². The van der Waals surface area contributed by atoms with E-state index >= 15 is 0 Å². The molecule has 3 aromatic carbocycles. The summed E-state index contributed by atoms with van der Waals surface area (Å²) in [5, 5.41) is 5.40. The predicted octanol–water partition coefficient (Wildman–Crippen LogP) is 4.65. The summed E-state index contributed by atoms with van der Waals surface area (Å²) < 4.78 is 35.2. The monoisotopic (exact) mass is 539 g/mol. The molecule has 2 unspecified atom stereocenters. The maximum Gasteiger partial charge on any atom is 0.408 e. The fraction of sp³-hybridized carbons (Fsp3) is 0.286. The number of ether oxygens (including phenoxy) is 2. The largest absolute Gasteiger partial charge is 0.481 e. The second-order valence-corrected chi connectivity index (χ2v) is 10.6. The van der Waals surface area contributed by atoms with Gasteiger partial charge in [0.25, 0.3) is 5.91 Å². The SMILES string of the molecule is CCCC(Oc1cccc(C(N)NC(=O)OCC)c1)C(=O)Nc1ccc(-c2ccccc2S(C)(=O)=O)cc1. The maximum atomic E-state index is 13.1. The Hall–Kier alpha value is -3.89. The van der Waals surface area contributed by atoms with Gasteiger partial charge in [-0.15, -0.1) is 0 Å². The average Bonchev–Trinajstić information content (AvgIpc) is 2.88. The third-order valence-electron chi connectivity index (χ3n) is 5.64. The zero-order valence-electron chi connectivity index (χ0n) is 21.6. The van der Waals surface area contributed by atoms with Gasteiger partial charge in [-0.3, -0.25) is 4.79 Å². The lowest BCUT2D eigenvalue weighted by atomic mass is 10.1. The summed E-state index contributed by atoms with van der Waals surface area (Å²) in [7, 11) is -3.40. The number of amides is 2. The first-order chi connectivity index (χ1) is 18.1. The molecule has 2 amide bonds. The third-order valence-corrected chi connectivity index (χ3v) is 6.79. The second-order valence-electron chi connectivity index (χ2n) is 8.65. The maximum absolute atomic E-state index is 13.1. The van der Waals surface area contributed by atoms with Crippen molar-refractivity contribution in [1.82, 2.24) is 5.32 Å². The van der Waals surface area contributed by atoms with E-state index in [9.17, 15) is 18.0 Å². The minimum Gasteiger partial charge on any atom is -0.481 e. The van der Waals surface area contributed by atoms with Crippen molar-refractivity contribution in [2.45, 2.75) is 43.9 Å². The number of alkyl carbamates (subject to hydrolysis) is 1.